The molecule has 0 bridgehead atoms. The fourth-order valence-electron chi connectivity index (χ4n) is 4.03. The molecule has 0 amide bonds. The van der Waals surface area contributed by atoms with Crippen LogP contribution in [0.2, 0.25) is 0 Å². The smallest absolute Gasteiger partial charge is 0.188 e. The van der Waals surface area contributed by atoms with Crippen LogP contribution in [0.25, 0.3) is 0 Å². The first-order valence-electron chi connectivity index (χ1n) is 10.2. The van der Waals surface area contributed by atoms with Crippen molar-refractivity contribution in [1.29, 1.82) is 0 Å². The van der Waals surface area contributed by atoms with E-state index in [2.05, 4.69) is 45.5 Å². The SMILES string of the molecule is I.NC(=NCC1CCC(c2ccccc2)CC1)NCCCN1CCOCC1. The van der Waals surface area contributed by atoms with Crippen molar-refractivity contribution >= 4 is 29.9 Å². The van der Waals surface area contributed by atoms with Gasteiger partial charge >= 0.3 is 0 Å². The highest BCUT2D eigenvalue weighted by Crippen LogP contribution is 2.35. The van der Waals surface area contributed by atoms with Crippen molar-refractivity contribution in [2.75, 3.05) is 45.9 Å². The van der Waals surface area contributed by atoms with Gasteiger partial charge in [-0.25, -0.2) is 0 Å². The highest BCUT2D eigenvalue weighted by Gasteiger charge is 2.22. The highest BCUT2D eigenvalue weighted by atomic mass is 127. The molecule has 1 aromatic rings. The summed E-state index contributed by atoms with van der Waals surface area (Å²) in [6.07, 6.45) is 6.16. The number of morpholine rings is 1. The van der Waals surface area contributed by atoms with Gasteiger partial charge in [-0.2, -0.15) is 0 Å². The number of rotatable bonds is 7. The Morgan fingerprint density at radius 3 is 2.52 bits per heavy atom. The van der Waals surface area contributed by atoms with Gasteiger partial charge in [0.25, 0.3) is 0 Å². The van der Waals surface area contributed by atoms with Gasteiger partial charge < -0.3 is 15.8 Å². The fourth-order valence-corrected chi connectivity index (χ4v) is 4.03. The van der Waals surface area contributed by atoms with Crippen LogP contribution < -0.4 is 11.1 Å². The van der Waals surface area contributed by atoms with Crippen LogP contribution in [-0.4, -0.2) is 56.8 Å². The molecule has 1 aromatic carbocycles. The van der Waals surface area contributed by atoms with E-state index in [1.807, 2.05) is 0 Å². The number of benzene rings is 1. The van der Waals surface area contributed by atoms with E-state index in [-0.39, 0.29) is 24.0 Å². The molecule has 2 aliphatic rings. The summed E-state index contributed by atoms with van der Waals surface area (Å²) >= 11 is 0. The number of aliphatic imine (C=N–C) groups is 1. The van der Waals surface area contributed by atoms with Gasteiger partial charge in [0.05, 0.1) is 13.2 Å². The van der Waals surface area contributed by atoms with Gasteiger partial charge in [-0.15, -0.1) is 24.0 Å². The van der Waals surface area contributed by atoms with E-state index in [0.29, 0.717) is 11.9 Å². The van der Waals surface area contributed by atoms with Gasteiger partial charge in [-0.3, -0.25) is 9.89 Å². The summed E-state index contributed by atoms with van der Waals surface area (Å²) in [5, 5.41) is 3.27. The fraction of sp³-hybridized carbons (Fsp3) is 0.667. The molecule has 1 aliphatic heterocycles. The minimum Gasteiger partial charge on any atom is -0.379 e. The lowest BCUT2D eigenvalue weighted by Gasteiger charge is -2.28. The number of nitrogens with zero attached hydrogens (tertiary/aromatic N) is 2. The molecule has 1 aliphatic carbocycles. The quantitative estimate of drug-likeness (QED) is 0.269. The minimum atomic E-state index is 0. The average molecular weight is 486 g/mol. The van der Waals surface area contributed by atoms with Crippen molar-refractivity contribution in [1.82, 2.24) is 10.2 Å². The van der Waals surface area contributed by atoms with Crippen LogP contribution in [0.1, 0.15) is 43.6 Å². The molecule has 1 saturated heterocycles. The maximum Gasteiger partial charge on any atom is 0.188 e. The van der Waals surface area contributed by atoms with Crippen molar-refractivity contribution < 1.29 is 4.74 Å². The Morgan fingerprint density at radius 2 is 1.81 bits per heavy atom. The van der Waals surface area contributed by atoms with Crippen molar-refractivity contribution in [3.8, 4) is 0 Å². The Labute approximate surface area is 181 Å². The van der Waals surface area contributed by atoms with Crippen LogP contribution in [0.5, 0.6) is 0 Å². The molecular weight excluding hydrogens is 451 g/mol. The molecule has 1 heterocycles. The standard InChI is InChI=1S/C21H34N4O.HI/c22-21(23-11-4-12-25-13-15-26-16-14-25)24-17-18-7-9-20(10-8-18)19-5-2-1-3-6-19;/h1-3,5-6,18,20H,4,7-17H2,(H3,22,23,24);1H. The second-order valence-corrected chi connectivity index (χ2v) is 7.59. The molecule has 3 N–H and O–H groups in total. The Morgan fingerprint density at radius 1 is 1.11 bits per heavy atom. The summed E-state index contributed by atoms with van der Waals surface area (Å²) in [6.45, 7) is 6.70. The third-order valence-electron chi connectivity index (χ3n) is 5.70. The first-order chi connectivity index (χ1) is 12.8. The Bertz CT molecular complexity index is 540. The molecule has 2 fully saturated rings. The first-order valence-corrected chi connectivity index (χ1v) is 10.2. The van der Waals surface area contributed by atoms with E-state index in [0.717, 1.165) is 58.3 Å². The van der Waals surface area contributed by atoms with E-state index in [1.165, 1.54) is 31.2 Å². The van der Waals surface area contributed by atoms with E-state index in [9.17, 15) is 0 Å². The molecule has 0 radical (unpaired) electrons. The summed E-state index contributed by atoms with van der Waals surface area (Å²) in [5.41, 5.74) is 7.53. The lowest BCUT2D eigenvalue weighted by Crippen LogP contribution is -2.39. The van der Waals surface area contributed by atoms with Crippen LogP contribution >= 0.6 is 24.0 Å². The van der Waals surface area contributed by atoms with Gasteiger partial charge in [0.15, 0.2) is 5.96 Å². The number of guanidine groups is 1. The maximum atomic E-state index is 6.03. The Kier molecular flexibility index (Phi) is 10.4. The van der Waals surface area contributed by atoms with Crippen LogP contribution in [0, 0.1) is 5.92 Å². The first kappa shape index (κ1) is 22.4. The number of halogens is 1. The van der Waals surface area contributed by atoms with E-state index >= 15 is 0 Å². The lowest BCUT2D eigenvalue weighted by molar-refractivity contribution is 0.0376. The summed E-state index contributed by atoms with van der Waals surface area (Å²) < 4.78 is 5.37. The molecule has 0 spiro atoms. The van der Waals surface area contributed by atoms with E-state index in [4.69, 9.17) is 10.5 Å². The van der Waals surface area contributed by atoms with Gasteiger partial charge in [-0.05, 0) is 56.0 Å². The number of hydrogen-bond acceptors (Lipinski definition) is 3. The molecule has 6 heteroatoms. The Hall–Kier alpha value is -0.860. The zero-order valence-electron chi connectivity index (χ0n) is 16.3. The second kappa shape index (κ2) is 12.6. The van der Waals surface area contributed by atoms with Crippen LogP contribution in [0.15, 0.2) is 35.3 Å². The topological polar surface area (TPSA) is 62.9 Å². The van der Waals surface area contributed by atoms with Crippen LogP contribution in [0.3, 0.4) is 0 Å². The largest absolute Gasteiger partial charge is 0.379 e. The zero-order chi connectivity index (χ0) is 18.0. The van der Waals surface area contributed by atoms with Gasteiger partial charge in [0.1, 0.15) is 0 Å². The van der Waals surface area contributed by atoms with Crippen LogP contribution in [0.4, 0.5) is 0 Å². The molecule has 5 nitrogen and oxygen atoms in total. The molecule has 152 valence electrons. The molecule has 27 heavy (non-hydrogen) atoms. The normalized spacial score (nSPS) is 24.2. The van der Waals surface area contributed by atoms with E-state index < -0.39 is 0 Å². The van der Waals surface area contributed by atoms with Gasteiger partial charge in [-0.1, -0.05) is 30.3 Å². The zero-order valence-corrected chi connectivity index (χ0v) is 18.6. The summed E-state index contributed by atoms with van der Waals surface area (Å²) in [6, 6.07) is 10.9. The van der Waals surface area contributed by atoms with Crippen molar-refractivity contribution in [3.63, 3.8) is 0 Å². The predicted octanol–water partition coefficient (Wildman–Crippen LogP) is 3.21. The van der Waals surface area contributed by atoms with Crippen molar-refractivity contribution in [2.45, 2.75) is 38.0 Å². The summed E-state index contributed by atoms with van der Waals surface area (Å²) in [5.74, 6) is 2.02. The summed E-state index contributed by atoms with van der Waals surface area (Å²) in [4.78, 5) is 7.03. The summed E-state index contributed by atoms with van der Waals surface area (Å²) in [7, 11) is 0. The molecule has 0 aromatic heterocycles. The highest BCUT2D eigenvalue weighted by molar-refractivity contribution is 14.0. The molecular formula is C21H35IN4O. The molecule has 1 saturated carbocycles. The molecule has 0 atom stereocenters. The second-order valence-electron chi connectivity index (χ2n) is 7.59. The maximum absolute atomic E-state index is 6.03. The van der Waals surface area contributed by atoms with Gasteiger partial charge in [0.2, 0.25) is 0 Å². The number of ether oxygens (including phenoxy) is 1. The monoisotopic (exact) mass is 486 g/mol. The lowest BCUT2D eigenvalue weighted by atomic mass is 9.79. The third-order valence-corrected chi connectivity index (χ3v) is 5.70. The van der Waals surface area contributed by atoms with Crippen molar-refractivity contribution in [3.05, 3.63) is 35.9 Å². The third kappa shape index (κ3) is 7.95. The van der Waals surface area contributed by atoms with Gasteiger partial charge in [0, 0.05) is 26.2 Å². The molecule has 3 rings (SSSR count). The predicted molar refractivity (Wildman–Crippen MR) is 123 cm³/mol. The number of hydrogen-bond donors (Lipinski definition) is 2. The Balaban J connectivity index is 0.00000261. The van der Waals surface area contributed by atoms with E-state index in [1.54, 1.807) is 0 Å². The molecule has 0 unspecified atom stereocenters. The minimum absolute atomic E-state index is 0. The number of nitrogens with two attached hydrogens (primary N) is 1. The number of nitrogens with one attached hydrogen (secondary N) is 1. The van der Waals surface area contributed by atoms with Crippen LogP contribution in [-0.2, 0) is 4.74 Å². The van der Waals surface area contributed by atoms with Crippen molar-refractivity contribution in [2.24, 2.45) is 16.6 Å². The average Bonchev–Trinajstić information content (AvgIpc) is 2.71.